The number of nitrogens with two attached hydrogens (primary N) is 1. The van der Waals surface area contributed by atoms with Crippen molar-refractivity contribution in [3.8, 4) is 0 Å². The zero-order chi connectivity index (χ0) is 10.7. The molecule has 1 saturated carbocycles. The molecule has 5 heteroatoms. The van der Waals surface area contributed by atoms with E-state index in [9.17, 15) is 0 Å². The fourth-order valence-corrected chi connectivity index (χ4v) is 1.91. The third-order valence-corrected chi connectivity index (χ3v) is 2.73. The van der Waals surface area contributed by atoms with Crippen LogP contribution < -0.4 is 11.1 Å². The highest BCUT2D eigenvalue weighted by Gasteiger charge is 2.24. The Morgan fingerprint density at radius 1 is 1.53 bits per heavy atom. The number of nitrogens with one attached hydrogen (secondary N) is 1. The molecule has 0 spiro atoms. The van der Waals surface area contributed by atoms with E-state index in [1.165, 1.54) is 0 Å². The van der Waals surface area contributed by atoms with E-state index >= 15 is 0 Å². The Kier molecular flexibility index (Phi) is 3.01. The highest BCUT2D eigenvalue weighted by molar-refractivity contribution is 5.35. The number of aromatic nitrogens is 2. The first-order valence-corrected chi connectivity index (χ1v) is 5.16. The molecule has 0 radical (unpaired) electrons. The van der Waals surface area contributed by atoms with Gasteiger partial charge in [-0.05, 0) is 25.3 Å². The van der Waals surface area contributed by atoms with Crippen LogP contribution in [0.15, 0.2) is 12.3 Å². The lowest BCUT2D eigenvalue weighted by Crippen LogP contribution is -2.19. The molecule has 0 amide bonds. The second-order valence-corrected chi connectivity index (χ2v) is 3.82. The van der Waals surface area contributed by atoms with Crippen LogP contribution in [-0.2, 0) is 4.74 Å². The van der Waals surface area contributed by atoms with Gasteiger partial charge in [-0.3, -0.25) is 0 Å². The van der Waals surface area contributed by atoms with Crippen LogP contribution in [0.4, 0.5) is 11.8 Å². The Hall–Kier alpha value is -1.36. The zero-order valence-corrected chi connectivity index (χ0v) is 8.81. The van der Waals surface area contributed by atoms with E-state index in [2.05, 4.69) is 15.3 Å². The number of rotatable bonds is 3. The zero-order valence-electron chi connectivity index (χ0n) is 8.81. The number of hydrogen-bond donors (Lipinski definition) is 2. The summed E-state index contributed by atoms with van der Waals surface area (Å²) in [6.07, 6.45) is 5.22. The fraction of sp³-hybridized carbons (Fsp3) is 0.600. The Bertz CT molecular complexity index is 331. The van der Waals surface area contributed by atoms with E-state index in [4.69, 9.17) is 10.5 Å². The van der Waals surface area contributed by atoms with Crippen molar-refractivity contribution in [2.45, 2.75) is 31.4 Å². The van der Waals surface area contributed by atoms with Gasteiger partial charge >= 0.3 is 0 Å². The van der Waals surface area contributed by atoms with Gasteiger partial charge in [-0.15, -0.1) is 0 Å². The SMILES string of the molecule is COC1CCC(Nc2nccc(N)n2)C1. The summed E-state index contributed by atoms with van der Waals surface area (Å²) in [5.41, 5.74) is 5.57. The van der Waals surface area contributed by atoms with Gasteiger partial charge in [-0.25, -0.2) is 4.98 Å². The van der Waals surface area contributed by atoms with E-state index in [0.717, 1.165) is 19.3 Å². The van der Waals surface area contributed by atoms with E-state index in [-0.39, 0.29) is 0 Å². The molecule has 2 rings (SSSR count). The van der Waals surface area contributed by atoms with Gasteiger partial charge in [0.25, 0.3) is 0 Å². The smallest absolute Gasteiger partial charge is 0.224 e. The van der Waals surface area contributed by atoms with Gasteiger partial charge in [0, 0.05) is 19.3 Å². The Morgan fingerprint density at radius 3 is 3.07 bits per heavy atom. The number of nitrogens with zero attached hydrogens (tertiary/aromatic N) is 2. The third-order valence-electron chi connectivity index (χ3n) is 2.73. The highest BCUT2D eigenvalue weighted by Crippen LogP contribution is 2.23. The minimum absolute atomic E-state index is 0.364. The molecule has 1 aliphatic rings. The molecule has 3 N–H and O–H groups in total. The predicted molar refractivity (Wildman–Crippen MR) is 58.5 cm³/mol. The standard InChI is InChI=1S/C10H16N4O/c1-15-8-3-2-7(6-8)13-10-12-5-4-9(11)14-10/h4-5,7-8H,2-3,6H2,1H3,(H3,11,12,13,14). The van der Waals surface area contributed by atoms with Crippen molar-refractivity contribution in [1.82, 2.24) is 9.97 Å². The Balaban J connectivity index is 1.92. The quantitative estimate of drug-likeness (QED) is 0.776. The molecule has 0 saturated heterocycles. The number of anilines is 2. The molecule has 2 unspecified atom stereocenters. The van der Waals surface area contributed by atoms with Gasteiger partial charge in [0.2, 0.25) is 5.95 Å². The van der Waals surface area contributed by atoms with Crippen molar-refractivity contribution in [3.05, 3.63) is 12.3 Å². The van der Waals surface area contributed by atoms with Crippen molar-refractivity contribution in [2.75, 3.05) is 18.2 Å². The van der Waals surface area contributed by atoms with Crippen molar-refractivity contribution in [3.63, 3.8) is 0 Å². The van der Waals surface area contributed by atoms with Crippen LogP contribution in [0.25, 0.3) is 0 Å². The maximum Gasteiger partial charge on any atom is 0.224 e. The molecule has 15 heavy (non-hydrogen) atoms. The van der Waals surface area contributed by atoms with Crippen molar-refractivity contribution < 1.29 is 4.74 Å². The van der Waals surface area contributed by atoms with Gasteiger partial charge in [-0.1, -0.05) is 0 Å². The molecule has 2 atom stereocenters. The van der Waals surface area contributed by atoms with Crippen LogP contribution in [0.3, 0.4) is 0 Å². The monoisotopic (exact) mass is 208 g/mol. The molecule has 1 aliphatic carbocycles. The van der Waals surface area contributed by atoms with Crippen LogP contribution in [0.2, 0.25) is 0 Å². The lowest BCUT2D eigenvalue weighted by molar-refractivity contribution is 0.108. The van der Waals surface area contributed by atoms with Crippen LogP contribution >= 0.6 is 0 Å². The minimum atomic E-state index is 0.364. The van der Waals surface area contributed by atoms with Crippen LogP contribution in [0.1, 0.15) is 19.3 Å². The summed E-state index contributed by atoms with van der Waals surface area (Å²) in [6, 6.07) is 2.08. The first kappa shape index (κ1) is 10.2. The Labute approximate surface area is 89.1 Å². The lowest BCUT2D eigenvalue weighted by Gasteiger charge is -2.12. The maximum absolute atomic E-state index is 5.57. The molecular weight excluding hydrogens is 192 g/mol. The summed E-state index contributed by atoms with van der Waals surface area (Å²) in [5.74, 6) is 1.10. The second-order valence-electron chi connectivity index (χ2n) is 3.82. The molecular formula is C10H16N4O. The van der Waals surface area contributed by atoms with E-state index < -0.39 is 0 Å². The molecule has 1 fully saturated rings. The molecule has 1 heterocycles. The molecule has 0 aliphatic heterocycles. The van der Waals surface area contributed by atoms with E-state index in [0.29, 0.717) is 23.9 Å². The topological polar surface area (TPSA) is 73.1 Å². The summed E-state index contributed by atoms with van der Waals surface area (Å²) in [5, 5.41) is 3.26. The third kappa shape index (κ3) is 2.56. The average molecular weight is 208 g/mol. The molecule has 1 aromatic heterocycles. The largest absolute Gasteiger partial charge is 0.384 e. The number of nitrogen functional groups attached to an aromatic ring is 1. The van der Waals surface area contributed by atoms with Crippen molar-refractivity contribution in [1.29, 1.82) is 0 Å². The number of ether oxygens (including phenoxy) is 1. The predicted octanol–water partition coefficient (Wildman–Crippen LogP) is 1.04. The van der Waals surface area contributed by atoms with Gasteiger partial charge in [-0.2, -0.15) is 4.98 Å². The average Bonchev–Trinajstić information content (AvgIpc) is 2.65. The first-order chi connectivity index (χ1) is 7.28. The molecule has 82 valence electrons. The van der Waals surface area contributed by atoms with Crippen LogP contribution in [-0.4, -0.2) is 29.2 Å². The first-order valence-electron chi connectivity index (χ1n) is 5.16. The van der Waals surface area contributed by atoms with E-state index in [1.807, 2.05) is 0 Å². The molecule has 1 aromatic rings. The lowest BCUT2D eigenvalue weighted by atomic mass is 10.2. The van der Waals surface area contributed by atoms with E-state index in [1.54, 1.807) is 19.4 Å². The van der Waals surface area contributed by atoms with Crippen molar-refractivity contribution >= 4 is 11.8 Å². The maximum atomic E-state index is 5.57. The van der Waals surface area contributed by atoms with Crippen LogP contribution in [0, 0.1) is 0 Å². The summed E-state index contributed by atoms with van der Waals surface area (Å²) >= 11 is 0. The fourth-order valence-electron chi connectivity index (χ4n) is 1.91. The normalized spacial score (nSPS) is 25.4. The summed E-state index contributed by atoms with van der Waals surface area (Å²) in [6.45, 7) is 0. The summed E-state index contributed by atoms with van der Waals surface area (Å²) in [4.78, 5) is 8.21. The van der Waals surface area contributed by atoms with Gasteiger partial charge in [0.05, 0.1) is 6.10 Å². The molecule has 5 nitrogen and oxygen atoms in total. The number of hydrogen-bond acceptors (Lipinski definition) is 5. The van der Waals surface area contributed by atoms with Crippen molar-refractivity contribution in [2.24, 2.45) is 0 Å². The number of methoxy groups -OCH3 is 1. The Morgan fingerprint density at radius 2 is 2.40 bits per heavy atom. The summed E-state index contributed by atoms with van der Waals surface area (Å²) < 4.78 is 5.30. The minimum Gasteiger partial charge on any atom is -0.384 e. The van der Waals surface area contributed by atoms with Crippen LogP contribution in [0.5, 0.6) is 0 Å². The van der Waals surface area contributed by atoms with Gasteiger partial charge in [0.15, 0.2) is 0 Å². The molecule has 0 bridgehead atoms. The molecule has 0 aromatic carbocycles. The summed E-state index contributed by atoms with van der Waals surface area (Å²) in [7, 11) is 1.75. The van der Waals surface area contributed by atoms with Gasteiger partial charge < -0.3 is 15.8 Å². The highest BCUT2D eigenvalue weighted by atomic mass is 16.5. The second kappa shape index (κ2) is 4.44. The van der Waals surface area contributed by atoms with Gasteiger partial charge in [0.1, 0.15) is 5.82 Å².